The van der Waals surface area contributed by atoms with Crippen LogP contribution in [-0.2, 0) is 19.2 Å². The van der Waals surface area contributed by atoms with Crippen LogP contribution in [0.1, 0.15) is 26.3 Å². The molecule has 0 amide bonds. The molecule has 24 heavy (non-hydrogen) atoms. The number of nitrogens with zero attached hydrogens (tertiary/aromatic N) is 4. The van der Waals surface area contributed by atoms with Crippen molar-refractivity contribution < 1.29 is 9.84 Å². The molecule has 0 atom stereocenters. The summed E-state index contributed by atoms with van der Waals surface area (Å²) in [6.45, 7) is 6.28. The number of fused-ring (bicyclic) bond motifs is 1. The molecule has 0 aliphatic carbocycles. The fourth-order valence-electron chi connectivity index (χ4n) is 2.76. The van der Waals surface area contributed by atoms with Crippen LogP contribution < -0.4 is 10.1 Å². The minimum Gasteiger partial charge on any atom is -0.480 e. The number of ether oxygens (including phenoxy) is 1. The Morgan fingerprint density at radius 1 is 1.33 bits per heavy atom. The molecule has 0 radical (unpaired) electrons. The Labute approximate surface area is 140 Å². The molecule has 0 bridgehead atoms. The van der Waals surface area contributed by atoms with E-state index >= 15 is 0 Å². The summed E-state index contributed by atoms with van der Waals surface area (Å²) in [5, 5.41) is 23.3. The number of aromatic nitrogens is 4. The minimum atomic E-state index is -0.891. The van der Waals surface area contributed by atoms with Crippen LogP contribution in [0.25, 0.3) is 10.9 Å². The summed E-state index contributed by atoms with van der Waals surface area (Å²) in [4.78, 5) is 0. The Morgan fingerprint density at radius 3 is 2.71 bits per heavy atom. The van der Waals surface area contributed by atoms with Crippen molar-refractivity contribution in [1.82, 2.24) is 19.6 Å². The summed E-state index contributed by atoms with van der Waals surface area (Å²) in [5.74, 6) is 1.40. The van der Waals surface area contributed by atoms with E-state index in [9.17, 15) is 5.11 Å². The molecular formula is C17H23N5O2. The second-order valence-electron chi connectivity index (χ2n) is 6.27. The van der Waals surface area contributed by atoms with Crippen molar-refractivity contribution in [2.45, 2.75) is 32.9 Å². The van der Waals surface area contributed by atoms with Gasteiger partial charge in [-0.3, -0.25) is 4.68 Å². The predicted molar refractivity (Wildman–Crippen MR) is 93.7 cm³/mol. The molecule has 3 rings (SSSR count). The summed E-state index contributed by atoms with van der Waals surface area (Å²) in [6.07, 6.45) is 1.73. The number of nitrogens with one attached hydrogen (secondary N) is 1. The van der Waals surface area contributed by atoms with E-state index in [0.717, 1.165) is 34.5 Å². The van der Waals surface area contributed by atoms with Gasteiger partial charge in [0.05, 0.1) is 24.4 Å². The lowest BCUT2D eigenvalue weighted by Crippen LogP contribution is -2.15. The highest BCUT2D eigenvalue weighted by atomic mass is 16.5. The molecule has 128 valence electrons. The van der Waals surface area contributed by atoms with E-state index in [-0.39, 0.29) is 0 Å². The SMILES string of the molecule is CCn1ncc(Nc2nn(C)c3cc(C(C)(C)O)ccc23)c1OC. The van der Waals surface area contributed by atoms with E-state index in [1.54, 1.807) is 36.5 Å². The van der Waals surface area contributed by atoms with E-state index < -0.39 is 5.60 Å². The van der Waals surface area contributed by atoms with Crippen molar-refractivity contribution in [2.75, 3.05) is 12.4 Å². The number of rotatable bonds is 5. The largest absolute Gasteiger partial charge is 0.480 e. The molecule has 0 unspecified atom stereocenters. The van der Waals surface area contributed by atoms with Gasteiger partial charge in [-0.05, 0) is 38.5 Å². The molecule has 0 saturated heterocycles. The predicted octanol–water partition coefficient (Wildman–Crippen LogP) is 2.77. The number of hydrogen-bond acceptors (Lipinski definition) is 5. The second kappa shape index (κ2) is 5.83. The maximum Gasteiger partial charge on any atom is 0.236 e. The highest BCUT2D eigenvalue weighted by Gasteiger charge is 2.19. The molecule has 0 saturated carbocycles. The van der Waals surface area contributed by atoms with Crippen LogP contribution in [0.15, 0.2) is 24.4 Å². The average Bonchev–Trinajstić information content (AvgIpc) is 3.07. The number of anilines is 2. The average molecular weight is 329 g/mol. The number of hydrogen-bond donors (Lipinski definition) is 2. The van der Waals surface area contributed by atoms with E-state index in [4.69, 9.17) is 4.74 Å². The monoisotopic (exact) mass is 329 g/mol. The molecule has 0 aliphatic rings. The Kier molecular flexibility index (Phi) is 3.96. The third-order valence-corrected chi connectivity index (χ3v) is 4.09. The standard InChI is InChI=1S/C17H23N5O2/c1-6-22-16(24-5)13(10-18-22)19-15-12-8-7-11(17(2,3)23)9-14(12)21(4)20-15/h7-10,23H,6H2,1-5H3,(H,19,20). The van der Waals surface area contributed by atoms with Crippen LogP contribution in [-0.4, -0.2) is 31.8 Å². The molecule has 7 nitrogen and oxygen atoms in total. The lowest BCUT2D eigenvalue weighted by Gasteiger charge is -2.17. The minimum absolute atomic E-state index is 0.671. The first-order chi connectivity index (χ1) is 11.3. The van der Waals surface area contributed by atoms with Gasteiger partial charge in [-0.2, -0.15) is 10.2 Å². The molecule has 0 spiro atoms. The molecule has 7 heteroatoms. The van der Waals surface area contributed by atoms with E-state index in [0.29, 0.717) is 5.88 Å². The molecule has 1 aromatic carbocycles. The maximum atomic E-state index is 10.2. The highest BCUT2D eigenvalue weighted by molar-refractivity contribution is 5.92. The first-order valence-corrected chi connectivity index (χ1v) is 7.91. The van der Waals surface area contributed by atoms with Gasteiger partial charge in [0, 0.05) is 19.0 Å². The van der Waals surface area contributed by atoms with Gasteiger partial charge in [0.1, 0.15) is 5.69 Å². The second-order valence-corrected chi connectivity index (χ2v) is 6.27. The van der Waals surface area contributed by atoms with Crippen LogP contribution in [0.4, 0.5) is 11.5 Å². The third-order valence-electron chi connectivity index (χ3n) is 4.09. The first kappa shape index (κ1) is 16.3. The molecular weight excluding hydrogens is 306 g/mol. The van der Waals surface area contributed by atoms with Crippen LogP contribution in [0, 0.1) is 0 Å². The number of benzene rings is 1. The van der Waals surface area contributed by atoms with E-state index in [1.165, 1.54) is 0 Å². The zero-order valence-corrected chi connectivity index (χ0v) is 14.7. The van der Waals surface area contributed by atoms with Gasteiger partial charge in [-0.25, -0.2) is 4.68 Å². The maximum absolute atomic E-state index is 10.2. The molecule has 2 N–H and O–H groups in total. The van der Waals surface area contributed by atoms with Crippen molar-refractivity contribution in [3.63, 3.8) is 0 Å². The summed E-state index contributed by atoms with van der Waals surface area (Å²) in [7, 11) is 3.51. The number of aryl methyl sites for hydroxylation is 2. The fourth-order valence-corrected chi connectivity index (χ4v) is 2.76. The van der Waals surface area contributed by atoms with Gasteiger partial charge in [0.15, 0.2) is 5.82 Å². The lowest BCUT2D eigenvalue weighted by molar-refractivity contribution is 0.0787. The number of aliphatic hydroxyl groups is 1. The first-order valence-electron chi connectivity index (χ1n) is 7.91. The summed E-state index contributed by atoms with van der Waals surface area (Å²) in [5.41, 5.74) is 1.67. The molecule has 2 aromatic heterocycles. The van der Waals surface area contributed by atoms with Crippen LogP contribution >= 0.6 is 0 Å². The Hall–Kier alpha value is -2.54. The van der Waals surface area contributed by atoms with Crippen molar-refractivity contribution >= 4 is 22.4 Å². The molecule has 3 aromatic rings. The summed E-state index contributed by atoms with van der Waals surface area (Å²) >= 11 is 0. The summed E-state index contributed by atoms with van der Waals surface area (Å²) in [6, 6.07) is 5.84. The van der Waals surface area contributed by atoms with Gasteiger partial charge in [0.2, 0.25) is 5.88 Å². The highest BCUT2D eigenvalue weighted by Crippen LogP contribution is 2.32. The van der Waals surface area contributed by atoms with Gasteiger partial charge < -0.3 is 15.2 Å². The van der Waals surface area contributed by atoms with Gasteiger partial charge in [0.25, 0.3) is 0 Å². The molecule has 2 heterocycles. The zero-order valence-electron chi connectivity index (χ0n) is 14.7. The van der Waals surface area contributed by atoms with Crippen molar-refractivity contribution in [2.24, 2.45) is 7.05 Å². The van der Waals surface area contributed by atoms with Gasteiger partial charge in [-0.1, -0.05) is 6.07 Å². The topological polar surface area (TPSA) is 77.1 Å². The van der Waals surface area contributed by atoms with Gasteiger partial charge in [-0.15, -0.1) is 0 Å². The molecule has 0 fully saturated rings. The number of methoxy groups -OCH3 is 1. The Morgan fingerprint density at radius 2 is 2.08 bits per heavy atom. The zero-order chi connectivity index (χ0) is 17.5. The van der Waals surface area contributed by atoms with E-state index in [2.05, 4.69) is 15.5 Å². The normalized spacial score (nSPS) is 11.9. The van der Waals surface area contributed by atoms with Gasteiger partial charge >= 0.3 is 0 Å². The molecule has 0 aliphatic heterocycles. The van der Waals surface area contributed by atoms with Crippen LogP contribution in [0.3, 0.4) is 0 Å². The third kappa shape index (κ3) is 2.71. The van der Waals surface area contributed by atoms with E-state index in [1.807, 2.05) is 32.2 Å². The lowest BCUT2D eigenvalue weighted by atomic mass is 9.97. The van der Waals surface area contributed by atoms with Crippen molar-refractivity contribution in [3.05, 3.63) is 30.0 Å². The van der Waals surface area contributed by atoms with Crippen LogP contribution in [0.5, 0.6) is 5.88 Å². The van der Waals surface area contributed by atoms with Crippen molar-refractivity contribution in [3.8, 4) is 5.88 Å². The Bertz CT molecular complexity index is 873. The van der Waals surface area contributed by atoms with Crippen molar-refractivity contribution in [1.29, 1.82) is 0 Å². The summed E-state index contributed by atoms with van der Waals surface area (Å²) < 4.78 is 9.01. The quantitative estimate of drug-likeness (QED) is 0.753. The smallest absolute Gasteiger partial charge is 0.236 e. The van der Waals surface area contributed by atoms with Crippen LogP contribution in [0.2, 0.25) is 0 Å². The fraction of sp³-hybridized carbons (Fsp3) is 0.412. The Balaban J connectivity index is 2.04.